The SMILES string of the molecule is CCCC/C=C/CCCCCCCC(=O)OC[C@H](CO)OC(=O)CCCCCCC/C=C\CCCCC. The number of aliphatic hydroxyl groups is 1. The van der Waals surface area contributed by atoms with Gasteiger partial charge in [0, 0.05) is 12.8 Å². The van der Waals surface area contributed by atoms with E-state index in [1.54, 1.807) is 0 Å². The third-order valence-corrected chi connectivity index (χ3v) is 6.47. The van der Waals surface area contributed by atoms with Gasteiger partial charge in [0.25, 0.3) is 0 Å². The molecule has 0 heterocycles. The first-order chi connectivity index (χ1) is 18.1. The molecular formula is C32H58O5. The second-order valence-corrected chi connectivity index (χ2v) is 10.2. The number of esters is 2. The van der Waals surface area contributed by atoms with E-state index in [0.29, 0.717) is 12.8 Å². The van der Waals surface area contributed by atoms with Crippen LogP contribution in [0.5, 0.6) is 0 Å². The Labute approximate surface area is 228 Å². The minimum atomic E-state index is -0.772. The van der Waals surface area contributed by atoms with Gasteiger partial charge in [-0.2, -0.15) is 0 Å². The summed E-state index contributed by atoms with van der Waals surface area (Å²) in [6.45, 7) is 4.03. The van der Waals surface area contributed by atoms with Crippen LogP contribution in [-0.2, 0) is 19.1 Å². The second-order valence-electron chi connectivity index (χ2n) is 10.2. The number of unbranched alkanes of at least 4 members (excludes halogenated alkanes) is 15. The summed E-state index contributed by atoms with van der Waals surface area (Å²) in [5, 5.41) is 9.46. The van der Waals surface area contributed by atoms with Crippen LogP contribution in [0.4, 0.5) is 0 Å². The summed E-state index contributed by atoms with van der Waals surface area (Å²) in [5.74, 6) is -0.616. The smallest absolute Gasteiger partial charge is 0.306 e. The van der Waals surface area contributed by atoms with Gasteiger partial charge in [0.2, 0.25) is 0 Å². The van der Waals surface area contributed by atoms with Crippen molar-refractivity contribution >= 4 is 11.9 Å². The van der Waals surface area contributed by atoms with E-state index in [1.807, 2.05) is 0 Å². The van der Waals surface area contributed by atoms with Crippen molar-refractivity contribution in [1.29, 1.82) is 0 Å². The molecule has 0 amide bonds. The van der Waals surface area contributed by atoms with Gasteiger partial charge >= 0.3 is 11.9 Å². The van der Waals surface area contributed by atoms with Gasteiger partial charge in [-0.3, -0.25) is 9.59 Å². The molecule has 0 saturated heterocycles. The number of carbonyl (C=O) groups excluding carboxylic acids is 2. The van der Waals surface area contributed by atoms with E-state index in [4.69, 9.17) is 9.47 Å². The summed E-state index contributed by atoms with van der Waals surface area (Å²) in [7, 11) is 0. The Balaban J connectivity index is 3.63. The van der Waals surface area contributed by atoms with Crippen molar-refractivity contribution in [3.8, 4) is 0 Å². The summed E-state index contributed by atoms with van der Waals surface area (Å²) in [4.78, 5) is 24.0. The van der Waals surface area contributed by atoms with E-state index in [2.05, 4.69) is 38.2 Å². The average Bonchev–Trinajstić information content (AvgIpc) is 2.90. The lowest BCUT2D eigenvalue weighted by atomic mass is 10.1. The van der Waals surface area contributed by atoms with Crippen molar-refractivity contribution in [2.75, 3.05) is 13.2 Å². The monoisotopic (exact) mass is 522 g/mol. The van der Waals surface area contributed by atoms with Gasteiger partial charge in [-0.15, -0.1) is 0 Å². The molecule has 1 N–H and O–H groups in total. The van der Waals surface area contributed by atoms with Gasteiger partial charge in [-0.05, 0) is 57.8 Å². The number of aliphatic hydroxyl groups excluding tert-OH is 1. The fourth-order valence-electron chi connectivity index (χ4n) is 4.06. The number of allylic oxidation sites excluding steroid dienone is 4. The Morgan fingerprint density at radius 1 is 0.595 bits per heavy atom. The van der Waals surface area contributed by atoms with Gasteiger partial charge in [0.15, 0.2) is 6.10 Å². The standard InChI is InChI=1S/C32H58O5/c1-3-5-7-9-11-13-15-17-19-21-23-25-27-32(35)37-30(28-33)29-36-31(34)26-24-22-20-18-16-14-12-10-8-6-4-2/h10-13,30,33H,3-9,14-29H2,1-2H3/b12-10+,13-11-/t30-/m0/s1. The maximum Gasteiger partial charge on any atom is 0.306 e. The Morgan fingerprint density at radius 2 is 1.03 bits per heavy atom. The van der Waals surface area contributed by atoms with Crippen molar-refractivity contribution in [2.24, 2.45) is 0 Å². The molecule has 0 spiro atoms. The predicted molar refractivity (Wildman–Crippen MR) is 155 cm³/mol. The van der Waals surface area contributed by atoms with Gasteiger partial charge < -0.3 is 14.6 Å². The van der Waals surface area contributed by atoms with Crippen molar-refractivity contribution < 1.29 is 24.2 Å². The minimum Gasteiger partial charge on any atom is -0.462 e. The maximum atomic E-state index is 12.0. The van der Waals surface area contributed by atoms with E-state index < -0.39 is 6.10 Å². The van der Waals surface area contributed by atoms with Crippen LogP contribution in [0.15, 0.2) is 24.3 Å². The summed E-state index contributed by atoms with van der Waals surface area (Å²) in [5.41, 5.74) is 0. The van der Waals surface area contributed by atoms with Crippen molar-refractivity contribution in [1.82, 2.24) is 0 Å². The molecule has 0 radical (unpaired) electrons. The largest absolute Gasteiger partial charge is 0.462 e. The molecule has 1 atom stereocenters. The maximum absolute atomic E-state index is 12.0. The lowest BCUT2D eigenvalue weighted by molar-refractivity contribution is -0.161. The predicted octanol–water partition coefficient (Wildman–Crippen LogP) is 8.78. The van der Waals surface area contributed by atoms with Gasteiger partial charge in [-0.1, -0.05) is 102 Å². The lowest BCUT2D eigenvalue weighted by Crippen LogP contribution is -2.28. The first kappa shape index (κ1) is 35.4. The van der Waals surface area contributed by atoms with E-state index in [1.165, 1.54) is 70.6 Å². The van der Waals surface area contributed by atoms with Crippen LogP contribution in [0.3, 0.4) is 0 Å². The lowest BCUT2D eigenvalue weighted by Gasteiger charge is -2.15. The third-order valence-electron chi connectivity index (χ3n) is 6.47. The second kappa shape index (κ2) is 28.9. The zero-order valence-electron chi connectivity index (χ0n) is 24.2. The molecule has 216 valence electrons. The third kappa shape index (κ3) is 27.2. The highest BCUT2D eigenvalue weighted by molar-refractivity contribution is 5.70. The number of rotatable bonds is 27. The van der Waals surface area contributed by atoms with Crippen LogP contribution in [0.1, 0.15) is 149 Å². The summed E-state index contributed by atoms with van der Waals surface area (Å²) in [6.07, 6.45) is 30.8. The molecule has 0 aliphatic rings. The zero-order valence-corrected chi connectivity index (χ0v) is 24.2. The van der Waals surface area contributed by atoms with E-state index in [0.717, 1.165) is 51.4 Å². The summed E-state index contributed by atoms with van der Waals surface area (Å²) < 4.78 is 10.5. The number of hydrogen-bond donors (Lipinski definition) is 1. The highest BCUT2D eigenvalue weighted by atomic mass is 16.6. The molecule has 0 fully saturated rings. The van der Waals surface area contributed by atoms with Crippen molar-refractivity contribution in [3.63, 3.8) is 0 Å². The van der Waals surface area contributed by atoms with Crippen molar-refractivity contribution in [3.05, 3.63) is 24.3 Å². The van der Waals surface area contributed by atoms with Gasteiger partial charge in [0.1, 0.15) is 6.61 Å². The van der Waals surface area contributed by atoms with Crippen LogP contribution < -0.4 is 0 Å². The fourth-order valence-corrected chi connectivity index (χ4v) is 4.06. The molecule has 0 unspecified atom stereocenters. The average molecular weight is 523 g/mol. The normalized spacial score (nSPS) is 12.4. The Kier molecular flexibility index (Phi) is 27.7. The van der Waals surface area contributed by atoms with Crippen LogP contribution in [0, 0.1) is 0 Å². The van der Waals surface area contributed by atoms with Crippen molar-refractivity contribution in [2.45, 2.75) is 155 Å². The number of hydrogen-bond acceptors (Lipinski definition) is 5. The Morgan fingerprint density at radius 3 is 1.54 bits per heavy atom. The molecule has 5 heteroatoms. The van der Waals surface area contributed by atoms with E-state index in [9.17, 15) is 14.7 Å². The molecule has 0 aliphatic carbocycles. The van der Waals surface area contributed by atoms with Gasteiger partial charge in [0.05, 0.1) is 6.61 Å². The van der Waals surface area contributed by atoms with Crippen LogP contribution in [-0.4, -0.2) is 36.4 Å². The molecule has 0 aromatic heterocycles. The molecule has 37 heavy (non-hydrogen) atoms. The molecule has 0 saturated carbocycles. The highest BCUT2D eigenvalue weighted by Gasteiger charge is 2.16. The summed E-state index contributed by atoms with van der Waals surface area (Å²) >= 11 is 0. The summed E-state index contributed by atoms with van der Waals surface area (Å²) in [6, 6.07) is 0. The zero-order chi connectivity index (χ0) is 27.2. The quantitative estimate of drug-likeness (QED) is 0.0663. The molecule has 0 aromatic rings. The molecule has 5 nitrogen and oxygen atoms in total. The van der Waals surface area contributed by atoms with Crippen LogP contribution in [0.2, 0.25) is 0 Å². The minimum absolute atomic E-state index is 0.0720. The molecule has 0 rings (SSSR count). The molecule has 0 aromatic carbocycles. The Bertz CT molecular complexity index is 570. The van der Waals surface area contributed by atoms with Gasteiger partial charge in [-0.25, -0.2) is 0 Å². The topological polar surface area (TPSA) is 72.8 Å². The fraction of sp³-hybridized carbons (Fsp3) is 0.812. The van der Waals surface area contributed by atoms with Crippen LogP contribution >= 0.6 is 0 Å². The van der Waals surface area contributed by atoms with E-state index in [-0.39, 0.29) is 25.2 Å². The molecule has 0 bridgehead atoms. The highest BCUT2D eigenvalue weighted by Crippen LogP contribution is 2.11. The number of carbonyl (C=O) groups is 2. The molecular weight excluding hydrogens is 464 g/mol. The first-order valence-electron chi connectivity index (χ1n) is 15.4. The first-order valence-corrected chi connectivity index (χ1v) is 15.4. The van der Waals surface area contributed by atoms with E-state index >= 15 is 0 Å². The Hall–Kier alpha value is -1.62. The van der Waals surface area contributed by atoms with Crippen LogP contribution in [0.25, 0.3) is 0 Å². The molecule has 0 aliphatic heterocycles. The number of ether oxygens (including phenoxy) is 2.